The summed E-state index contributed by atoms with van der Waals surface area (Å²) in [4.78, 5) is 11.6. The van der Waals surface area contributed by atoms with Crippen molar-refractivity contribution in [1.29, 1.82) is 0 Å². The Morgan fingerprint density at radius 1 is 1.16 bits per heavy atom. The zero-order valence-electron chi connectivity index (χ0n) is 13.6. The molecule has 0 amide bonds. The van der Waals surface area contributed by atoms with E-state index in [9.17, 15) is 25.2 Å². The normalized spacial score (nSPS) is 30.5. The van der Waals surface area contributed by atoms with E-state index in [0.717, 1.165) is 0 Å². The van der Waals surface area contributed by atoms with Crippen molar-refractivity contribution in [3.05, 3.63) is 24.3 Å². The summed E-state index contributed by atoms with van der Waals surface area (Å²) in [5.74, 6) is -1.14. The van der Waals surface area contributed by atoms with E-state index in [-0.39, 0.29) is 24.7 Å². The topological polar surface area (TPSA) is 146 Å². The van der Waals surface area contributed by atoms with Crippen LogP contribution in [0.3, 0.4) is 0 Å². The van der Waals surface area contributed by atoms with Gasteiger partial charge in [-0.05, 0) is 31.2 Å². The minimum absolute atomic E-state index is 0.0238. The first kappa shape index (κ1) is 19.4. The molecular weight excluding hydrogens is 336 g/mol. The molecule has 9 nitrogen and oxygen atoms in total. The van der Waals surface area contributed by atoms with Gasteiger partial charge in [0, 0.05) is 0 Å². The monoisotopic (exact) mass is 358 g/mol. The molecule has 5 N–H and O–H groups in total. The molecular formula is C16H22O9. The largest absolute Gasteiger partial charge is 0.508 e. The minimum Gasteiger partial charge on any atom is -0.508 e. The number of phenols is 1. The molecule has 0 bridgehead atoms. The van der Waals surface area contributed by atoms with Crippen LogP contribution in [0.2, 0.25) is 0 Å². The third-order valence-corrected chi connectivity index (χ3v) is 3.82. The Bertz CT molecular complexity index is 561. The van der Waals surface area contributed by atoms with Gasteiger partial charge in [-0.1, -0.05) is 0 Å². The lowest BCUT2D eigenvalue weighted by molar-refractivity contribution is -0.278. The molecule has 1 aliphatic rings. The standard InChI is InChI=1S/C16H22O9/c1-8(6-17)15(22)23-7-11-12(19)13(20)14(21)16(25-11)24-10-4-2-9(18)3-5-10/h2-5,8,11-14,16-21H,6-7H2,1H3/t8?,11-,12+,13+,14-,16-/m1/s1. The van der Waals surface area contributed by atoms with Crippen LogP contribution in [-0.4, -0.2) is 75.4 Å². The van der Waals surface area contributed by atoms with Gasteiger partial charge in [0.1, 0.15) is 42.5 Å². The van der Waals surface area contributed by atoms with Crippen LogP contribution in [0.1, 0.15) is 6.92 Å². The van der Waals surface area contributed by atoms with E-state index in [1.165, 1.54) is 31.2 Å². The predicted octanol–water partition coefficient (Wildman–Crippen LogP) is -1.25. The number of aliphatic hydroxyl groups excluding tert-OH is 4. The minimum atomic E-state index is -1.57. The van der Waals surface area contributed by atoms with Crippen molar-refractivity contribution in [2.75, 3.05) is 13.2 Å². The molecule has 1 unspecified atom stereocenters. The Labute approximate surface area is 144 Å². The van der Waals surface area contributed by atoms with Gasteiger partial charge in [0.15, 0.2) is 0 Å². The first-order chi connectivity index (χ1) is 11.8. The number of carbonyl (C=O) groups is 1. The summed E-state index contributed by atoms with van der Waals surface area (Å²) in [5.41, 5.74) is 0. The first-order valence-electron chi connectivity index (χ1n) is 7.76. The van der Waals surface area contributed by atoms with E-state index in [1.807, 2.05) is 0 Å². The van der Waals surface area contributed by atoms with E-state index in [1.54, 1.807) is 0 Å². The number of benzene rings is 1. The maximum absolute atomic E-state index is 11.6. The Morgan fingerprint density at radius 2 is 1.80 bits per heavy atom. The second-order valence-corrected chi connectivity index (χ2v) is 5.84. The van der Waals surface area contributed by atoms with Gasteiger partial charge in [0.25, 0.3) is 0 Å². The van der Waals surface area contributed by atoms with Gasteiger partial charge >= 0.3 is 5.97 Å². The SMILES string of the molecule is CC(CO)C(=O)OC[C@H]1O[C@@H](Oc2ccc(O)cc2)[C@H](O)[C@@H](O)[C@H]1O. The van der Waals surface area contributed by atoms with Crippen molar-refractivity contribution in [1.82, 2.24) is 0 Å². The van der Waals surface area contributed by atoms with Gasteiger partial charge in [0.2, 0.25) is 6.29 Å². The third kappa shape index (κ3) is 4.80. The quantitative estimate of drug-likeness (QED) is 0.394. The van der Waals surface area contributed by atoms with Crippen molar-refractivity contribution < 1.29 is 44.5 Å². The zero-order chi connectivity index (χ0) is 18.6. The van der Waals surface area contributed by atoms with Crippen molar-refractivity contribution in [3.63, 3.8) is 0 Å². The number of aromatic hydroxyl groups is 1. The van der Waals surface area contributed by atoms with E-state index < -0.39 is 42.6 Å². The number of phenolic OH excluding ortho intramolecular Hbond substituents is 1. The molecule has 1 aliphatic heterocycles. The average molecular weight is 358 g/mol. The lowest BCUT2D eigenvalue weighted by Gasteiger charge is -2.40. The van der Waals surface area contributed by atoms with Gasteiger partial charge in [-0.15, -0.1) is 0 Å². The number of aliphatic hydroxyl groups is 4. The molecule has 1 heterocycles. The fourth-order valence-corrected chi connectivity index (χ4v) is 2.19. The summed E-state index contributed by atoms with van der Waals surface area (Å²) >= 11 is 0. The molecule has 25 heavy (non-hydrogen) atoms. The molecule has 0 aromatic heterocycles. The Kier molecular flexibility index (Phi) is 6.57. The molecule has 1 saturated heterocycles. The Morgan fingerprint density at radius 3 is 2.40 bits per heavy atom. The highest BCUT2D eigenvalue weighted by molar-refractivity contribution is 5.72. The average Bonchev–Trinajstić information content (AvgIpc) is 2.61. The smallest absolute Gasteiger partial charge is 0.311 e. The van der Waals surface area contributed by atoms with Crippen LogP contribution in [0.15, 0.2) is 24.3 Å². The van der Waals surface area contributed by atoms with Crippen LogP contribution >= 0.6 is 0 Å². The van der Waals surface area contributed by atoms with Crippen molar-refractivity contribution in [3.8, 4) is 11.5 Å². The van der Waals surface area contributed by atoms with Crippen LogP contribution in [-0.2, 0) is 14.3 Å². The lowest BCUT2D eigenvalue weighted by atomic mass is 9.99. The van der Waals surface area contributed by atoms with Crippen molar-refractivity contribution >= 4 is 5.97 Å². The van der Waals surface area contributed by atoms with Crippen LogP contribution in [0.5, 0.6) is 11.5 Å². The third-order valence-electron chi connectivity index (χ3n) is 3.82. The summed E-state index contributed by atoms with van der Waals surface area (Å²) < 4.78 is 15.7. The highest BCUT2D eigenvalue weighted by Gasteiger charge is 2.45. The Hall–Kier alpha value is -1.91. The molecule has 0 saturated carbocycles. The highest BCUT2D eigenvalue weighted by Crippen LogP contribution is 2.25. The summed E-state index contributed by atoms with van der Waals surface area (Å²) in [6.45, 7) is 0.695. The van der Waals surface area contributed by atoms with Crippen LogP contribution in [0, 0.1) is 5.92 Å². The zero-order valence-corrected chi connectivity index (χ0v) is 13.6. The molecule has 0 aliphatic carbocycles. The fourth-order valence-electron chi connectivity index (χ4n) is 2.19. The molecule has 140 valence electrons. The maximum Gasteiger partial charge on any atom is 0.311 e. The molecule has 1 aromatic rings. The molecule has 9 heteroatoms. The number of hydrogen-bond donors (Lipinski definition) is 5. The molecule has 0 radical (unpaired) electrons. The van der Waals surface area contributed by atoms with Crippen LogP contribution in [0.25, 0.3) is 0 Å². The van der Waals surface area contributed by atoms with E-state index in [2.05, 4.69) is 0 Å². The summed E-state index contributed by atoms with van der Waals surface area (Å²) in [7, 11) is 0. The fraction of sp³-hybridized carbons (Fsp3) is 0.562. The van der Waals surface area contributed by atoms with Gasteiger partial charge in [0.05, 0.1) is 12.5 Å². The first-order valence-corrected chi connectivity index (χ1v) is 7.76. The second-order valence-electron chi connectivity index (χ2n) is 5.84. The molecule has 2 rings (SSSR count). The molecule has 0 spiro atoms. The van der Waals surface area contributed by atoms with Gasteiger partial charge < -0.3 is 39.7 Å². The maximum atomic E-state index is 11.6. The molecule has 6 atom stereocenters. The van der Waals surface area contributed by atoms with E-state index >= 15 is 0 Å². The summed E-state index contributed by atoms with van der Waals surface area (Å²) in [5, 5.41) is 48.1. The summed E-state index contributed by atoms with van der Waals surface area (Å²) in [6.07, 6.45) is -7.05. The molecule has 1 fully saturated rings. The predicted molar refractivity (Wildman–Crippen MR) is 82.6 cm³/mol. The van der Waals surface area contributed by atoms with Gasteiger partial charge in [-0.2, -0.15) is 0 Å². The number of carbonyl (C=O) groups excluding carboxylic acids is 1. The number of hydrogen-bond acceptors (Lipinski definition) is 9. The molecule has 1 aromatic carbocycles. The van der Waals surface area contributed by atoms with E-state index in [0.29, 0.717) is 0 Å². The number of rotatable bonds is 6. The van der Waals surface area contributed by atoms with Crippen LogP contribution in [0.4, 0.5) is 0 Å². The van der Waals surface area contributed by atoms with E-state index in [4.69, 9.17) is 19.3 Å². The number of esters is 1. The van der Waals surface area contributed by atoms with Gasteiger partial charge in [-0.25, -0.2) is 0 Å². The highest BCUT2D eigenvalue weighted by atomic mass is 16.7. The number of ether oxygens (including phenoxy) is 3. The van der Waals surface area contributed by atoms with Gasteiger partial charge in [-0.3, -0.25) is 4.79 Å². The van der Waals surface area contributed by atoms with Crippen LogP contribution < -0.4 is 4.74 Å². The lowest BCUT2D eigenvalue weighted by Crippen LogP contribution is -2.60. The van der Waals surface area contributed by atoms with Crippen molar-refractivity contribution in [2.45, 2.75) is 37.6 Å². The second kappa shape index (κ2) is 8.45. The Balaban J connectivity index is 2.01. The van der Waals surface area contributed by atoms with Crippen molar-refractivity contribution in [2.24, 2.45) is 5.92 Å². The summed E-state index contributed by atoms with van der Waals surface area (Å²) in [6, 6.07) is 5.60.